The Hall–Kier alpha value is -1.78. The average molecular weight is 165 g/mol. The first-order chi connectivity index (χ1) is 5.81. The van der Waals surface area contributed by atoms with Gasteiger partial charge >= 0.3 is 0 Å². The van der Waals surface area contributed by atoms with Crippen LogP contribution in [0.4, 0.5) is 0 Å². The highest BCUT2D eigenvalue weighted by Gasteiger charge is 2.05. The van der Waals surface area contributed by atoms with Crippen molar-refractivity contribution in [2.75, 3.05) is 7.11 Å². The van der Waals surface area contributed by atoms with Crippen LogP contribution in [0.15, 0.2) is 12.1 Å². The lowest BCUT2D eigenvalue weighted by Crippen LogP contribution is -1.82. The number of aromatic amines is 1. The minimum Gasteiger partial charge on any atom is -0.505 e. The van der Waals surface area contributed by atoms with Crippen LogP contribution in [0.25, 0.3) is 11.0 Å². The van der Waals surface area contributed by atoms with Crippen LogP contribution in [0.1, 0.15) is 0 Å². The molecule has 12 heavy (non-hydrogen) atoms. The maximum Gasteiger partial charge on any atom is 0.154 e. The van der Waals surface area contributed by atoms with E-state index in [0.717, 1.165) is 0 Å². The number of ether oxygens (including phenoxy) is 1. The van der Waals surface area contributed by atoms with Crippen molar-refractivity contribution in [2.24, 2.45) is 0 Å². The van der Waals surface area contributed by atoms with Crippen LogP contribution in [0.5, 0.6) is 11.5 Å². The highest BCUT2D eigenvalue weighted by atomic mass is 16.5. The van der Waals surface area contributed by atoms with Gasteiger partial charge in [0.25, 0.3) is 0 Å². The molecule has 0 amide bonds. The Balaban J connectivity index is 2.75. The number of aromatic nitrogens is 3. The quantitative estimate of drug-likeness (QED) is 0.651. The van der Waals surface area contributed by atoms with E-state index in [0.29, 0.717) is 16.8 Å². The molecule has 1 heterocycles. The normalized spacial score (nSPS) is 10.4. The summed E-state index contributed by atoms with van der Waals surface area (Å²) in [5.74, 6) is 0.643. The largest absolute Gasteiger partial charge is 0.505 e. The molecule has 0 bridgehead atoms. The Bertz CT molecular complexity index is 410. The predicted octanol–water partition coefficient (Wildman–Crippen LogP) is 0.672. The van der Waals surface area contributed by atoms with E-state index in [1.807, 2.05) is 0 Å². The molecule has 0 unspecified atom stereocenters. The molecule has 1 aromatic heterocycles. The van der Waals surface area contributed by atoms with Gasteiger partial charge in [-0.25, -0.2) is 0 Å². The van der Waals surface area contributed by atoms with Gasteiger partial charge in [0, 0.05) is 12.1 Å². The number of phenols is 1. The molecule has 0 aliphatic rings. The lowest BCUT2D eigenvalue weighted by molar-refractivity contribution is 0.409. The summed E-state index contributed by atoms with van der Waals surface area (Å²) in [6.07, 6.45) is 0. The summed E-state index contributed by atoms with van der Waals surface area (Å²) in [7, 11) is 1.53. The van der Waals surface area contributed by atoms with Crippen molar-refractivity contribution >= 4 is 11.0 Å². The number of fused-ring (bicyclic) bond motifs is 1. The zero-order chi connectivity index (χ0) is 8.55. The predicted molar refractivity (Wildman–Crippen MR) is 42.1 cm³/mol. The van der Waals surface area contributed by atoms with E-state index in [1.165, 1.54) is 13.2 Å². The molecular weight excluding hydrogens is 158 g/mol. The third kappa shape index (κ3) is 0.868. The second-order valence-electron chi connectivity index (χ2n) is 2.35. The number of methoxy groups -OCH3 is 1. The van der Waals surface area contributed by atoms with Crippen molar-refractivity contribution in [3.05, 3.63) is 12.1 Å². The zero-order valence-electron chi connectivity index (χ0n) is 6.40. The fraction of sp³-hybridized carbons (Fsp3) is 0.143. The molecule has 5 nitrogen and oxygen atoms in total. The van der Waals surface area contributed by atoms with Gasteiger partial charge in [-0.15, -0.1) is 5.10 Å². The van der Waals surface area contributed by atoms with Gasteiger partial charge in [0.2, 0.25) is 0 Å². The van der Waals surface area contributed by atoms with E-state index in [1.54, 1.807) is 6.07 Å². The number of rotatable bonds is 1. The van der Waals surface area contributed by atoms with Gasteiger partial charge in [0.15, 0.2) is 5.52 Å². The summed E-state index contributed by atoms with van der Waals surface area (Å²) >= 11 is 0. The van der Waals surface area contributed by atoms with Crippen molar-refractivity contribution < 1.29 is 9.84 Å². The zero-order valence-corrected chi connectivity index (χ0v) is 6.40. The Morgan fingerprint density at radius 1 is 1.50 bits per heavy atom. The SMILES string of the molecule is COc1cc(O)c2nn[nH]c2c1. The number of benzene rings is 1. The minimum atomic E-state index is 0.0677. The highest BCUT2D eigenvalue weighted by Crippen LogP contribution is 2.26. The molecule has 62 valence electrons. The minimum absolute atomic E-state index is 0.0677. The van der Waals surface area contributed by atoms with E-state index in [9.17, 15) is 5.11 Å². The van der Waals surface area contributed by atoms with Gasteiger partial charge in [0.1, 0.15) is 11.5 Å². The summed E-state index contributed by atoms with van der Waals surface area (Å²) in [6, 6.07) is 3.21. The van der Waals surface area contributed by atoms with Crippen LogP contribution in [0.2, 0.25) is 0 Å². The molecule has 5 heteroatoms. The van der Waals surface area contributed by atoms with E-state index >= 15 is 0 Å². The van der Waals surface area contributed by atoms with Gasteiger partial charge < -0.3 is 9.84 Å². The molecule has 0 aliphatic carbocycles. The Morgan fingerprint density at radius 2 is 2.33 bits per heavy atom. The Labute approximate surface area is 68.0 Å². The van der Waals surface area contributed by atoms with E-state index < -0.39 is 0 Å². The molecule has 2 aromatic rings. The topological polar surface area (TPSA) is 71.0 Å². The fourth-order valence-electron chi connectivity index (χ4n) is 1.03. The van der Waals surface area contributed by atoms with E-state index in [-0.39, 0.29) is 5.75 Å². The van der Waals surface area contributed by atoms with E-state index in [4.69, 9.17) is 4.74 Å². The number of hydrogen-bond donors (Lipinski definition) is 2. The van der Waals surface area contributed by atoms with Crippen LogP contribution in [0.3, 0.4) is 0 Å². The molecule has 1 aromatic carbocycles. The second kappa shape index (κ2) is 2.37. The van der Waals surface area contributed by atoms with Crippen molar-refractivity contribution in [3.63, 3.8) is 0 Å². The monoisotopic (exact) mass is 165 g/mol. The summed E-state index contributed by atoms with van der Waals surface area (Å²) in [4.78, 5) is 0. The first-order valence-electron chi connectivity index (χ1n) is 3.39. The highest BCUT2D eigenvalue weighted by molar-refractivity contribution is 5.81. The van der Waals surface area contributed by atoms with Crippen LogP contribution in [-0.2, 0) is 0 Å². The number of aromatic hydroxyl groups is 1. The molecule has 0 atom stereocenters. The smallest absolute Gasteiger partial charge is 0.154 e. The lowest BCUT2D eigenvalue weighted by Gasteiger charge is -1.99. The standard InChI is InChI=1S/C7H7N3O2/c1-12-4-2-5-7(6(11)3-4)9-10-8-5/h2-3,11H,1H3,(H,8,9,10). The first-order valence-corrected chi connectivity index (χ1v) is 3.39. The maximum absolute atomic E-state index is 9.37. The maximum atomic E-state index is 9.37. The van der Waals surface area contributed by atoms with Gasteiger partial charge in [-0.05, 0) is 0 Å². The first kappa shape index (κ1) is 6.90. The van der Waals surface area contributed by atoms with Crippen molar-refractivity contribution in [1.82, 2.24) is 15.4 Å². The van der Waals surface area contributed by atoms with Crippen LogP contribution >= 0.6 is 0 Å². The fourth-order valence-corrected chi connectivity index (χ4v) is 1.03. The van der Waals surface area contributed by atoms with Crippen molar-refractivity contribution in [1.29, 1.82) is 0 Å². The van der Waals surface area contributed by atoms with Crippen LogP contribution in [-0.4, -0.2) is 27.6 Å². The molecule has 0 spiro atoms. The Kier molecular flexibility index (Phi) is 1.36. The van der Waals surface area contributed by atoms with E-state index in [2.05, 4.69) is 15.4 Å². The molecular formula is C7H7N3O2. The van der Waals surface area contributed by atoms with Crippen molar-refractivity contribution in [2.45, 2.75) is 0 Å². The summed E-state index contributed by atoms with van der Waals surface area (Å²) < 4.78 is 4.94. The molecule has 0 radical (unpaired) electrons. The second-order valence-corrected chi connectivity index (χ2v) is 2.35. The van der Waals surface area contributed by atoms with Crippen LogP contribution in [0, 0.1) is 0 Å². The molecule has 0 saturated heterocycles. The molecule has 2 N–H and O–H groups in total. The molecule has 0 aliphatic heterocycles. The number of hydrogen-bond acceptors (Lipinski definition) is 4. The van der Waals surface area contributed by atoms with Gasteiger partial charge in [-0.3, -0.25) is 5.10 Å². The lowest BCUT2D eigenvalue weighted by atomic mass is 10.3. The van der Waals surface area contributed by atoms with Crippen molar-refractivity contribution in [3.8, 4) is 11.5 Å². The summed E-state index contributed by atoms with van der Waals surface area (Å²) in [6.45, 7) is 0. The third-order valence-corrected chi connectivity index (χ3v) is 1.62. The van der Waals surface area contributed by atoms with Gasteiger partial charge in [0.05, 0.1) is 12.6 Å². The van der Waals surface area contributed by atoms with Crippen LogP contribution < -0.4 is 4.74 Å². The Morgan fingerprint density at radius 3 is 3.08 bits per heavy atom. The molecule has 0 saturated carbocycles. The van der Waals surface area contributed by atoms with Gasteiger partial charge in [-0.2, -0.15) is 0 Å². The number of nitrogens with zero attached hydrogens (tertiary/aromatic N) is 2. The molecule has 0 fully saturated rings. The third-order valence-electron chi connectivity index (χ3n) is 1.62. The number of H-pyrrole nitrogens is 1. The molecule has 2 rings (SSSR count). The van der Waals surface area contributed by atoms with Gasteiger partial charge in [-0.1, -0.05) is 5.21 Å². The number of nitrogens with one attached hydrogen (secondary N) is 1. The summed E-state index contributed by atoms with van der Waals surface area (Å²) in [5.41, 5.74) is 1.11. The summed E-state index contributed by atoms with van der Waals surface area (Å²) in [5, 5.41) is 19.2. The number of phenolic OH excluding ortho intramolecular Hbond substituents is 1. The average Bonchev–Trinajstić information content (AvgIpc) is 2.52.